The van der Waals surface area contributed by atoms with E-state index in [1.807, 2.05) is 6.07 Å². The summed E-state index contributed by atoms with van der Waals surface area (Å²) in [5.74, 6) is 0. The van der Waals surface area contributed by atoms with Gasteiger partial charge in [0.25, 0.3) is 0 Å². The predicted octanol–water partition coefficient (Wildman–Crippen LogP) is 3.39. The van der Waals surface area contributed by atoms with Crippen molar-refractivity contribution >= 4 is 27.7 Å². The van der Waals surface area contributed by atoms with E-state index in [1.165, 1.54) is 11.1 Å². The molecule has 15 heavy (non-hydrogen) atoms. The molecule has 1 N–H and O–H groups in total. The third-order valence-electron chi connectivity index (χ3n) is 2.87. The van der Waals surface area contributed by atoms with Crippen LogP contribution >= 0.6 is 15.9 Å². The van der Waals surface area contributed by atoms with Crippen molar-refractivity contribution in [2.75, 3.05) is 11.9 Å². The lowest BCUT2D eigenvalue weighted by Gasteiger charge is -2.31. The van der Waals surface area contributed by atoms with Gasteiger partial charge < -0.3 is 10.1 Å². The van der Waals surface area contributed by atoms with E-state index in [0.29, 0.717) is 0 Å². The van der Waals surface area contributed by atoms with Crippen LogP contribution in [0, 0.1) is 0 Å². The van der Waals surface area contributed by atoms with Gasteiger partial charge in [0.05, 0.1) is 0 Å². The summed E-state index contributed by atoms with van der Waals surface area (Å²) in [5.41, 5.74) is 3.78. The number of anilines is 1. The number of hydrogen-bond acceptors (Lipinski definition) is 2. The third-order valence-corrected chi connectivity index (χ3v) is 3.37. The first-order chi connectivity index (χ1) is 7.33. The highest BCUT2D eigenvalue weighted by molar-refractivity contribution is 9.10. The van der Waals surface area contributed by atoms with Gasteiger partial charge in [-0.2, -0.15) is 0 Å². The Hall–Kier alpha value is -0.800. The van der Waals surface area contributed by atoms with Gasteiger partial charge in [-0.05, 0) is 48.3 Å². The molecule has 2 aliphatic rings. The van der Waals surface area contributed by atoms with E-state index in [-0.39, 0.29) is 6.23 Å². The minimum absolute atomic E-state index is 0.104. The van der Waals surface area contributed by atoms with E-state index in [0.717, 1.165) is 29.6 Å². The second-order valence-electron chi connectivity index (χ2n) is 3.95. The SMILES string of the molecule is Brc1ccc2c(c1)C=C1CCCO[C@H]1N2. The zero-order chi connectivity index (χ0) is 10.3. The van der Waals surface area contributed by atoms with Crippen molar-refractivity contribution < 1.29 is 4.74 Å². The summed E-state index contributed by atoms with van der Waals surface area (Å²) in [7, 11) is 0. The summed E-state index contributed by atoms with van der Waals surface area (Å²) in [6.45, 7) is 0.862. The lowest BCUT2D eigenvalue weighted by atomic mass is 9.98. The highest BCUT2D eigenvalue weighted by Gasteiger charge is 2.23. The summed E-state index contributed by atoms with van der Waals surface area (Å²) in [5, 5.41) is 3.41. The summed E-state index contributed by atoms with van der Waals surface area (Å²) in [6, 6.07) is 6.28. The molecule has 1 aromatic rings. The Morgan fingerprint density at radius 1 is 1.40 bits per heavy atom. The van der Waals surface area contributed by atoms with E-state index < -0.39 is 0 Å². The predicted molar refractivity (Wildman–Crippen MR) is 64.7 cm³/mol. The maximum Gasteiger partial charge on any atom is 0.150 e. The van der Waals surface area contributed by atoms with Gasteiger partial charge in [-0.3, -0.25) is 0 Å². The number of halogens is 1. The first-order valence-electron chi connectivity index (χ1n) is 5.21. The van der Waals surface area contributed by atoms with Crippen molar-refractivity contribution in [1.82, 2.24) is 0 Å². The molecule has 0 aromatic heterocycles. The van der Waals surface area contributed by atoms with E-state index >= 15 is 0 Å². The first kappa shape index (κ1) is 9.43. The molecule has 1 saturated heterocycles. The molecule has 2 aliphatic heterocycles. The van der Waals surface area contributed by atoms with Crippen molar-refractivity contribution in [3.05, 3.63) is 33.8 Å². The van der Waals surface area contributed by atoms with Gasteiger partial charge in [-0.25, -0.2) is 0 Å². The minimum Gasteiger partial charge on any atom is -0.356 e. The molecule has 0 aliphatic carbocycles. The van der Waals surface area contributed by atoms with E-state index in [9.17, 15) is 0 Å². The molecule has 0 spiro atoms. The monoisotopic (exact) mass is 265 g/mol. The Labute approximate surface area is 97.5 Å². The summed E-state index contributed by atoms with van der Waals surface area (Å²) >= 11 is 3.49. The Morgan fingerprint density at radius 3 is 3.27 bits per heavy atom. The summed E-state index contributed by atoms with van der Waals surface area (Å²) < 4.78 is 6.80. The molecule has 3 heteroatoms. The van der Waals surface area contributed by atoms with Gasteiger partial charge in [0.1, 0.15) is 6.23 Å². The number of hydrogen-bond donors (Lipinski definition) is 1. The molecule has 2 heterocycles. The van der Waals surface area contributed by atoms with Crippen molar-refractivity contribution in [2.24, 2.45) is 0 Å². The quantitative estimate of drug-likeness (QED) is 0.777. The second-order valence-corrected chi connectivity index (χ2v) is 4.87. The molecule has 0 unspecified atom stereocenters. The molecule has 0 bridgehead atoms. The maximum absolute atomic E-state index is 5.68. The maximum atomic E-state index is 5.68. The van der Waals surface area contributed by atoms with Crippen LogP contribution in [0.5, 0.6) is 0 Å². The van der Waals surface area contributed by atoms with Crippen LogP contribution in [-0.4, -0.2) is 12.8 Å². The normalized spacial score (nSPS) is 23.5. The number of rotatable bonds is 0. The van der Waals surface area contributed by atoms with Crippen LogP contribution in [0.2, 0.25) is 0 Å². The van der Waals surface area contributed by atoms with Crippen LogP contribution in [0.25, 0.3) is 6.08 Å². The number of benzene rings is 1. The Balaban J connectivity index is 2.03. The van der Waals surface area contributed by atoms with Gasteiger partial charge in [0.15, 0.2) is 0 Å². The fraction of sp³-hybridized carbons (Fsp3) is 0.333. The molecule has 1 atom stereocenters. The Bertz CT molecular complexity index is 428. The van der Waals surface area contributed by atoms with Crippen LogP contribution < -0.4 is 5.32 Å². The fourth-order valence-corrected chi connectivity index (χ4v) is 2.50. The van der Waals surface area contributed by atoms with E-state index in [1.54, 1.807) is 0 Å². The van der Waals surface area contributed by atoms with Crippen LogP contribution in [-0.2, 0) is 4.74 Å². The average molecular weight is 266 g/mol. The van der Waals surface area contributed by atoms with Crippen LogP contribution in [0.3, 0.4) is 0 Å². The topological polar surface area (TPSA) is 21.3 Å². The smallest absolute Gasteiger partial charge is 0.150 e. The average Bonchev–Trinajstić information content (AvgIpc) is 2.26. The Kier molecular flexibility index (Phi) is 2.29. The molecule has 0 amide bonds. The lowest BCUT2D eigenvalue weighted by molar-refractivity contribution is 0.0707. The highest BCUT2D eigenvalue weighted by atomic mass is 79.9. The van der Waals surface area contributed by atoms with E-state index in [2.05, 4.69) is 39.5 Å². The van der Waals surface area contributed by atoms with Crippen molar-refractivity contribution in [3.63, 3.8) is 0 Å². The van der Waals surface area contributed by atoms with Crippen molar-refractivity contribution in [2.45, 2.75) is 19.1 Å². The third kappa shape index (κ3) is 1.70. The van der Waals surface area contributed by atoms with Crippen molar-refractivity contribution in [1.29, 1.82) is 0 Å². The molecule has 1 aromatic carbocycles. The highest BCUT2D eigenvalue weighted by Crippen LogP contribution is 2.33. The molecule has 0 radical (unpaired) electrons. The molecule has 0 saturated carbocycles. The Morgan fingerprint density at radius 2 is 2.33 bits per heavy atom. The molecular weight excluding hydrogens is 254 g/mol. The minimum atomic E-state index is 0.104. The van der Waals surface area contributed by atoms with Gasteiger partial charge in [0, 0.05) is 16.8 Å². The largest absolute Gasteiger partial charge is 0.356 e. The van der Waals surface area contributed by atoms with Crippen molar-refractivity contribution in [3.8, 4) is 0 Å². The second kappa shape index (κ2) is 3.65. The summed E-state index contributed by atoms with van der Waals surface area (Å²) in [6.07, 6.45) is 4.63. The first-order valence-corrected chi connectivity index (χ1v) is 6.00. The number of fused-ring (bicyclic) bond motifs is 2. The fourth-order valence-electron chi connectivity index (χ4n) is 2.12. The zero-order valence-corrected chi connectivity index (χ0v) is 9.88. The van der Waals surface area contributed by atoms with Gasteiger partial charge in [-0.1, -0.05) is 15.9 Å². The number of nitrogens with one attached hydrogen (secondary N) is 1. The standard InChI is InChI=1S/C12H12BrNO/c13-10-3-4-11-9(7-10)6-8-2-1-5-15-12(8)14-11/h3-4,6-7,12,14H,1-2,5H2/t12-/m1/s1. The molecule has 3 rings (SSSR count). The summed E-state index contributed by atoms with van der Waals surface area (Å²) in [4.78, 5) is 0. The zero-order valence-electron chi connectivity index (χ0n) is 8.29. The molecule has 2 nitrogen and oxygen atoms in total. The molecular formula is C12H12BrNO. The number of ether oxygens (including phenoxy) is 1. The van der Waals surface area contributed by atoms with Gasteiger partial charge in [0.2, 0.25) is 0 Å². The molecule has 1 fully saturated rings. The van der Waals surface area contributed by atoms with Crippen LogP contribution in [0.15, 0.2) is 28.2 Å². The van der Waals surface area contributed by atoms with E-state index in [4.69, 9.17) is 4.74 Å². The lowest BCUT2D eigenvalue weighted by Crippen LogP contribution is -2.32. The molecule has 78 valence electrons. The van der Waals surface area contributed by atoms with Crippen LogP contribution in [0.4, 0.5) is 5.69 Å². The van der Waals surface area contributed by atoms with Crippen LogP contribution in [0.1, 0.15) is 18.4 Å². The van der Waals surface area contributed by atoms with Gasteiger partial charge >= 0.3 is 0 Å². The van der Waals surface area contributed by atoms with Gasteiger partial charge in [-0.15, -0.1) is 0 Å².